The minimum atomic E-state index is -1.67. The number of hydrogen-bond donors (Lipinski definition) is 1. The van der Waals surface area contributed by atoms with Gasteiger partial charge in [0.05, 0.1) is 30.0 Å². The maximum absolute atomic E-state index is 10.0. The molecule has 0 unspecified atom stereocenters. The molecule has 0 bridgehead atoms. The molecule has 3 rings (SSSR count). The molecule has 3 atom stereocenters. The normalized spacial score (nSPS) is 26.4. The average Bonchev–Trinajstić information content (AvgIpc) is 2.68. The molecular formula is C22H23N5O. The zero-order valence-electron chi connectivity index (χ0n) is 16.3. The van der Waals surface area contributed by atoms with Crippen LogP contribution >= 0.6 is 0 Å². The van der Waals surface area contributed by atoms with Crippen LogP contribution in [0, 0.1) is 56.7 Å². The molecular weight excluding hydrogens is 350 g/mol. The quantitative estimate of drug-likeness (QED) is 0.818. The van der Waals surface area contributed by atoms with Crippen LogP contribution in [-0.2, 0) is 0 Å². The summed E-state index contributed by atoms with van der Waals surface area (Å²) in [5.41, 5.74) is -0.105. The van der Waals surface area contributed by atoms with Crippen molar-refractivity contribution in [2.24, 2.45) is 17.3 Å². The smallest absolute Gasteiger partial charge is 0.189 e. The van der Waals surface area contributed by atoms with Crippen LogP contribution in [0.15, 0.2) is 35.9 Å². The third kappa shape index (κ3) is 3.05. The molecule has 0 spiro atoms. The lowest BCUT2D eigenvalue weighted by atomic mass is 9.54. The third-order valence-electron chi connectivity index (χ3n) is 5.58. The molecule has 28 heavy (non-hydrogen) atoms. The summed E-state index contributed by atoms with van der Waals surface area (Å²) >= 11 is 0. The van der Waals surface area contributed by atoms with E-state index in [0.29, 0.717) is 13.1 Å². The number of likely N-dealkylation sites (N-methyl/N-ethyl adjacent to an activating group) is 1. The Balaban J connectivity index is 2.15. The van der Waals surface area contributed by atoms with Crippen LogP contribution in [0.1, 0.15) is 25.3 Å². The van der Waals surface area contributed by atoms with Gasteiger partial charge in [0.25, 0.3) is 0 Å². The summed E-state index contributed by atoms with van der Waals surface area (Å²) in [6.45, 7) is 5.22. The van der Waals surface area contributed by atoms with Crippen molar-refractivity contribution >= 4 is 5.71 Å². The molecule has 1 aliphatic heterocycles. The van der Waals surface area contributed by atoms with Crippen molar-refractivity contribution in [1.82, 2.24) is 4.90 Å². The van der Waals surface area contributed by atoms with Gasteiger partial charge < -0.3 is 15.0 Å². The van der Waals surface area contributed by atoms with Crippen molar-refractivity contribution in [1.29, 1.82) is 21.2 Å². The van der Waals surface area contributed by atoms with Crippen molar-refractivity contribution in [3.05, 3.63) is 41.5 Å². The number of fused-ring (bicyclic) bond motifs is 1. The highest BCUT2D eigenvalue weighted by molar-refractivity contribution is 6.00. The van der Waals surface area contributed by atoms with E-state index >= 15 is 0 Å². The molecule has 1 heterocycles. The van der Waals surface area contributed by atoms with Crippen LogP contribution in [0.2, 0.25) is 0 Å². The van der Waals surface area contributed by atoms with Gasteiger partial charge in [-0.1, -0.05) is 18.2 Å². The molecule has 1 saturated carbocycles. The van der Waals surface area contributed by atoms with Gasteiger partial charge in [-0.15, -0.1) is 0 Å². The van der Waals surface area contributed by atoms with Gasteiger partial charge >= 0.3 is 0 Å². The predicted octanol–water partition coefficient (Wildman–Crippen LogP) is 3.25. The van der Waals surface area contributed by atoms with E-state index in [9.17, 15) is 15.8 Å². The minimum Gasteiger partial charge on any atom is -0.491 e. The molecule has 1 aromatic carbocycles. The summed E-state index contributed by atoms with van der Waals surface area (Å²) in [6.07, 6.45) is 2.03. The molecule has 1 N–H and O–H groups in total. The van der Waals surface area contributed by atoms with E-state index in [0.717, 1.165) is 16.9 Å². The Morgan fingerprint density at radius 1 is 1.18 bits per heavy atom. The highest BCUT2D eigenvalue weighted by atomic mass is 16.5. The van der Waals surface area contributed by atoms with Crippen molar-refractivity contribution in [2.45, 2.75) is 25.9 Å². The molecule has 1 aromatic rings. The summed E-state index contributed by atoms with van der Waals surface area (Å²) < 4.78 is 5.71. The van der Waals surface area contributed by atoms with E-state index in [4.69, 9.17) is 10.1 Å². The molecule has 1 aliphatic carbocycles. The van der Waals surface area contributed by atoms with Gasteiger partial charge in [-0.25, -0.2) is 0 Å². The topological polar surface area (TPSA) is 108 Å². The lowest BCUT2D eigenvalue weighted by Crippen LogP contribution is -2.52. The van der Waals surface area contributed by atoms with Crippen molar-refractivity contribution < 1.29 is 4.74 Å². The lowest BCUT2D eigenvalue weighted by molar-refractivity contribution is 0.233. The van der Waals surface area contributed by atoms with Gasteiger partial charge in [0.15, 0.2) is 5.41 Å². The Labute approximate surface area is 165 Å². The Hall–Kier alpha value is -3.14. The second-order valence-corrected chi connectivity index (χ2v) is 7.75. The summed E-state index contributed by atoms with van der Waals surface area (Å²) in [6, 6.07) is 13.8. The number of nitrogens with zero attached hydrogens (tertiary/aromatic N) is 4. The summed E-state index contributed by atoms with van der Waals surface area (Å²) in [7, 11) is 1.98. The van der Waals surface area contributed by atoms with E-state index in [-0.39, 0.29) is 17.7 Å². The second-order valence-electron chi connectivity index (χ2n) is 7.75. The number of benzene rings is 1. The fourth-order valence-corrected chi connectivity index (χ4v) is 4.35. The SMILES string of the molecule is CC(C)Oc1ccc([C@H]2[C@@H]3CN(C)CC=C3[C@H](C#N)C(=N)C2(C#N)C#N)cc1. The van der Waals surface area contributed by atoms with E-state index < -0.39 is 17.3 Å². The first-order valence-electron chi connectivity index (χ1n) is 9.34. The summed E-state index contributed by atoms with van der Waals surface area (Å²) in [5.74, 6) is -0.788. The van der Waals surface area contributed by atoms with Crippen LogP contribution in [0.25, 0.3) is 0 Å². The van der Waals surface area contributed by atoms with E-state index in [1.165, 1.54) is 0 Å². The van der Waals surface area contributed by atoms with Gasteiger partial charge in [-0.3, -0.25) is 0 Å². The molecule has 142 valence electrons. The first-order valence-corrected chi connectivity index (χ1v) is 9.34. The standard InChI is InChI=1S/C22H23N5O/c1-14(2)28-16-6-4-15(5-7-16)20-19-11-27(3)9-8-17(19)18(10-23)21(26)22(20,12-24)13-25/h4-8,14,18-20,26H,9,11H2,1-3H3/t18-,19+,20-/m0/s1. The lowest BCUT2D eigenvalue weighted by Gasteiger charge is -2.47. The van der Waals surface area contributed by atoms with E-state index in [2.05, 4.69) is 23.1 Å². The molecule has 0 radical (unpaired) electrons. The Bertz CT molecular complexity index is 912. The first-order chi connectivity index (χ1) is 13.4. The van der Waals surface area contributed by atoms with Crippen LogP contribution in [0.5, 0.6) is 5.75 Å². The van der Waals surface area contributed by atoms with Gasteiger partial charge in [0.2, 0.25) is 0 Å². The predicted molar refractivity (Wildman–Crippen MR) is 105 cm³/mol. The molecule has 0 saturated heterocycles. The van der Waals surface area contributed by atoms with Crippen LogP contribution in [0.3, 0.4) is 0 Å². The van der Waals surface area contributed by atoms with Gasteiger partial charge in [-0.05, 0) is 44.2 Å². The zero-order valence-corrected chi connectivity index (χ0v) is 16.3. The van der Waals surface area contributed by atoms with E-state index in [1.807, 2.05) is 51.2 Å². The van der Waals surface area contributed by atoms with Gasteiger partial charge in [-0.2, -0.15) is 15.8 Å². The largest absolute Gasteiger partial charge is 0.491 e. The van der Waals surface area contributed by atoms with Gasteiger partial charge in [0, 0.05) is 24.9 Å². The van der Waals surface area contributed by atoms with Crippen molar-refractivity contribution in [3.8, 4) is 24.0 Å². The second kappa shape index (κ2) is 7.47. The third-order valence-corrected chi connectivity index (χ3v) is 5.58. The fraction of sp³-hybridized carbons (Fsp3) is 0.455. The van der Waals surface area contributed by atoms with Crippen LogP contribution < -0.4 is 4.74 Å². The zero-order chi connectivity index (χ0) is 20.5. The molecule has 0 aromatic heterocycles. The van der Waals surface area contributed by atoms with Crippen molar-refractivity contribution in [3.63, 3.8) is 0 Å². The van der Waals surface area contributed by atoms with Crippen LogP contribution in [-0.4, -0.2) is 36.9 Å². The number of nitriles is 3. The van der Waals surface area contributed by atoms with Crippen LogP contribution in [0.4, 0.5) is 0 Å². The Kier molecular flexibility index (Phi) is 5.23. The highest BCUT2D eigenvalue weighted by Crippen LogP contribution is 2.53. The Morgan fingerprint density at radius 2 is 1.82 bits per heavy atom. The Morgan fingerprint density at radius 3 is 2.36 bits per heavy atom. The molecule has 1 fully saturated rings. The summed E-state index contributed by atoms with van der Waals surface area (Å²) in [5, 5.41) is 38.3. The van der Waals surface area contributed by atoms with Crippen molar-refractivity contribution in [2.75, 3.05) is 20.1 Å². The maximum atomic E-state index is 10.0. The summed E-state index contributed by atoms with van der Waals surface area (Å²) in [4.78, 5) is 2.11. The fourth-order valence-electron chi connectivity index (χ4n) is 4.35. The number of hydrogen-bond acceptors (Lipinski definition) is 6. The molecule has 0 amide bonds. The van der Waals surface area contributed by atoms with Gasteiger partial charge in [0.1, 0.15) is 11.7 Å². The number of ether oxygens (including phenoxy) is 1. The first kappa shape index (κ1) is 19.6. The monoisotopic (exact) mass is 373 g/mol. The molecule has 2 aliphatic rings. The molecule has 6 heteroatoms. The minimum absolute atomic E-state index is 0.0453. The molecule has 6 nitrogen and oxygen atoms in total. The maximum Gasteiger partial charge on any atom is 0.189 e. The van der Waals surface area contributed by atoms with E-state index in [1.54, 1.807) is 0 Å². The highest BCUT2D eigenvalue weighted by Gasteiger charge is 2.57. The number of nitrogens with one attached hydrogen (secondary N) is 1. The number of rotatable bonds is 3. The average molecular weight is 373 g/mol.